The Morgan fingerprint density at radius 1 is 0.857 bits per heavy atom. The Bertz CT molecular complexity index is 1450. The minimum Gasteiger partial charge on any atom is -0.491 e. The second-order valence-corrected chi connectivity index (χ2v) is 8.28. The van der Waals surface area contributed by atoms with Crippen LogP contribution in [-0.4, -0.2) is 22.2 Å². The zero-order valence-corrected chi connectivity index (χ0v) is 19.4. The molecule has 174 valence electrons. The first kappa shape index (κ1) is 22.2. The molecule has 6 nitrogen and oxygen atoms in total. The fourth-order valence-corrected chi connectivity index (χ4v) is 4.03. The molecule has 2 amide bonds. The Morgan fingerprint density at radius 3 is 2.43 bits per heavy atom. The molecule has 35 heavy (non-hydrogen) atoms. The summed E-state index contributed by atoms with van der Waals surface area (Å²) in [6.45, 7) is 3.21. The molecule has 6 heteroatoms. The normalized spacial score (nSPS) is 10.8. The minimum atomic E-state index is -0.294. The van der Waals surface area contributed by atoms with E-state index < -0.39 is 0 Å². The smallest absolute Gasteiger partial charge is 0.323 e. The minimum absolute atomic E-state index is 0.294. The third-order valence-corrected chi connectivity index (χ3v) is 5.89. The Kier molecular flexibility index (Phi) is 6.44. The largest absolute Gasteiger partial charge is 0.491 e. The molecule has 0 bridgehead atoms. The predicted molar refractivity (Wildman–Crippen MR) is 141 cm³/mol. The number of hydrogen-bond acceptors (Lipinski definition) is 3. The summed E-state index contributed by atoms with van der Waals surface area (Å²) in [4.78, 5) is 17.0. The lowest BCUT2D eigenvalue weighted by molar-refractivity contribution is 0.262. The van der Waals surface area contributed by atoms with E-state index >= 15 is 0 Å². The van der Waals surface area contributed by atoms with Crippen molar-refractivity contribution < 1.29 is 9.53 Å². The van der Waals surface area contributed by atoms with Crippen molar-refractivity contribution in [2.75, 3.05) is 17.2 Å². The molecule has 0 aliphatic heterocycles. The summed E-state index contributed by atoms with van der Waals surface area (Å²) >= 11 is 0. The van der Waals surface area contributed by atoms with Crippen LogP contribution in [0, 0.1) is 6.92 Å². The molecule has 4 aromatic carbocycles. The second kappa shape index (κ2) is 10.1. The third-order valence-electron chi connectivity index (χ3n) is 5.89. The van der Waals surface area contributed by atoms with Gasteiger partial charge in [0.2, 0.25) is 0 Å². The van der Waals surface area contributed by atoms with Gasteiger partial charge >= 0.3 is 6.03 Å². The van der Waals surface area contributed by atoms with Gasteiger partial charge in [0, 0.05) is 28.9 Å². The van der Waals surface area contributed by atoms with Gasteiger partial charge in [-0.15, -0.1) is 0 Å². The van der Waals surface area contributed by atoms with Crippen molar-refractivity contribution in [1.82, 2.24) is 9.55 Å². The molecule has 0 aliphatic carbocycles. The molecule has 0 radical (unpaired) electrons. The second-order valence-electron chi connectivity index (χ2n) is 8.28. The maximum atomic E-state index is 13.0. The lowest BCUT2D eigenvalue weighted by Gasteiger charge is -2.15. The van der Waals surface area contributed by atoms with Crippen LogP contribution in [-0.2, 0) is 6.54 Å². The standard InChI is InChI=1S/C29H26N4O2/c1-21-11-12-23(22-7-3-2-4-8-22)19-27(21)32-29(34)31-26-13-14-28(25-10-6-5-9-24(25)26)35-18-17-33-16-15-30-20-33/h2-16,19-20H,17-18H2,1H3,(H2,31,32,34). The molecule has 0 fully saturated rings. The maximum absolute atomic E-state index is 13.0. The number of urea groups is 1. The van der Waals surface area contributed by atoms with E-state index in [2.05, 4.69) is 33.8 Å². The number of hydrogen-bond donors (Lipinski definition) is 2. The molecule has 1 heterocycles. The third kappa shape index (κ3) is 5.17. The van der Waals surface area contributed by atoms with E-state index in [1.165, 1.54) is 0 Å². The van der Waals surface area contributed by atoms with E-state index in [9.17, 15) is 4.79 Å². The lowest BCUT2D eigenvalue weighted by atomic mass is 10.0. The van der Waals surface area contributed by atoms with Gasteiger partial charge in [-0.2, -0.15) is 0 Å². The SMILES string of the molecule is Cc1ccc(-c2ccccc2)cc1NC(=O)Nc1ccc(OCCn2ccnc2)c2ccccc12. The van der Waals surface area contributed by atoms with Crippen LogP contribution < -0.4 is 15.4 Å². The van der Waals surface area contributed by atoms with Crippen molar-refractivity contribution in [2.24, 2.45) is 0 Å². The predicted octanol–water partition coefficient (Wildman–Crippen LogP) is 6.73. The van der Waals surface area contributed by atoms with Gasteiger partial charge in [-0.3, -0.25) is 0 Å². The zero-order valence-electron chi connectivity index (χ0n) is 19.4. The highest BCUT2D eigenvalue weighted by molar-refractivity contribution is 6.07. The van der Waals surface area contributed by atoms with Crippen LogP contribution in [0.3, 0.4) is 0 Å². The van der Waals surface area contributed by atoms with Crippen LogP contribution in [0.25, 0.3) is 21.9 Å². The topological polar surface area (TPSA) is 68.2 Å². The maximum Gasteiger partial charge on any atom is 0.323 e. The Morgan fingerprint density at radius 2 is 1.63 bits per heavy atom. The van der Waals surface area contributed by atoms with E-state index in [0.29, 0.717) is 13.2 Å². The van der Waals surface area contributed by atoms with E-state index in [0.717, 1.165) is 44.6 Å². The van der Waals surface area contributed by atoms with Crippen molar-refractivity contribution in [3.63, 3.8) is 0 Å². The number of aryl methyl sites for hydroxylation is 1. The fourth-order valence-electron chi connectivity index (χ4n) is 4.03. The number of fused-ring (bicyclic) bond motifs is 1. The summed E-state index contributed by atoms with van der Waals surface area (Å²) in [6.07, 6.45) is 5.43. The molecule has 2 N–H and O–H groups in total. The Balaban J connectivity index is 1.32. The van der Waals surface area contributed by atoms with Gasteiger partial charge in [-0.1, -0.05) is 66.7 Å². The van der Waals surface area contributed by atoms with Gasteiger partial charge in [0.1, 0.15) is 12.4 Å². The van der Waals surface area contributed by atoms with Crippen molar-refractivity contribution in [3.05, 3.63) is 109 Å². The molecule has 0 spiro atoms. The molecular weight excluding hydrogens is 436 g/mol. The van der Waals surface area contributed by atoms with Gasteiger partial charge in [-0.25, -0.2) is 9.78 Å². The average Bonchev–Trinajstić information content (AvgIpc) is 3.41. The van der Waals surface area contributed by atoms with Crippen LogP contribution in [0.2, 0.25) is 0 Å². The van der Waals surface area contributed by atoms with Gasteiger partial charge in [-0.05, 0) is 41.8 Å². The zero-order chi connectivity index (χ0) is 24.0. The first-order valence-corrected chi connectivity index (χ1v) is 11.5. The van der Waals surface area contributed by atoms with Crippen LogP contribution in [0.4, 0.5) is 16.2 Å². The number of benzene rings is 4. The van der Waals surface area contributed by atoms with E-state index in [4.69, 9.17) is 4.74 Å². The number of aromatic nitrogens is 2. The van der Waals surface area contributed by atoms with Crippen LogP contribution in [0.5, 0.6) is 5.75 Å². The summed E-state index contributed by atoms with van der Waals surface area (Å²) in [5.74, 6) is 0.776. The van der Waals surface area contributed by atoms with E-state index in [1.54, 1.807) is 12.5 Å². The molecule has 5 rings (SSSR count). The molecule has 0 atom stereocenters. The highest BCUT2D eigenvalue weighted by Crippen LogP contribution is 2.32. The number of carbonyl (C=O) groups excluding carboxylic acids is 1. The summed E-state index contributed by atoms with van der Waals surface area (Å²) < 4.78 is 8.01. The molecule has 0 saturated carbocycles. The Hall–Kier alpha value is -4.58. The first-order chi connectivity index (χ1) is 17.2. The summed E-state index contributed by atoms with van der Waals surface area (Å²) in [6, 6.07) is 27.6. The molecule has 0 unspecified atom stereocenters. The first-order valence-electron chi connectivity index (χ1n) is 11.5. The van der Waals surface area contributed by atoms with Crippen LogP contribution in [0.15, 0.2) is 104 Å². The lowest BCUT2D eigenvalue weighted by Crippen LogP contribution is -2.20. The monoisotopic (exact) mass is 462 g/mol. The molecule has 5 aromatic rings. The molecular formula is C29H26N4O2. The molecule has 0 aliphatic rings. The average molecular weight is 463 g/mol. The Labute approximate surface area is 204 Å². The summed E-state index contributed by atoms with van der Waals surface area (Å²) in [5, 5.41) is 7.87. The van der Waals surface area contributed by atoms with Gasteiger partial charge in [0.15, 0.2) is 0 Å². The number of anilines is 2. The van der Waals surface area contributed by atoms with Crippen LogP contribution >= 0.6 is 0 Å². The van der Waals surface area contributed by atoms with E-state index in [1.807, 2.05) is 84.4 Å². The van der Waals surface area contributed by atoms with Crippen molar-refractivity contribution in [2.45, 2.75) is 13.5 Å². The number of rotatable bonds is 7. The van der Waals surface area contributed by atoms with Gasteiger partial charge < -0.3 is 19.9 Å². The number of nitrogens with zero attached hydrogens (tertiary/aromatic N) is 2. The fraction of sp³-hybridized carbons (Fsp3) is 0.103. The highest BCUT2D eigenvalue weighted by atomic mass is 16.5. The van der Waals surface area contributed by atoms with E-state index in [-0.39, 0.29) is 6.03 Å². The number of amides is 2. The number of ether oxygens (including phenoxy) is 1. The summed E-state index contributed by atoms with van der Waals surface area (Å²) in [7, 11) is 0. The molecule has 0 saturated heterocycles. The van der Waals surface area contributed by atoms with Crippen molar-refractivity contribution in [1.29, 1.82) is 0 Å². The quantitative estimate of drug-likeness (QED) is 0.282. The highest BCUT2D eigenvalue weighted by Gasteiger charge is 2.11. The summed E-state index contributed by atoms with van der Waals surface area (Å²) in [5.41, 5.74) is 4.63. The van der Waals surface area contributed by atoms with Gasteiger partial charge in [0.05, 0.1) is 18.6 Å². The van der Waals surface area contributed by atoms with Gasteiger partial charge in [0.25, 0.3) is 0 Å². The molecule has 1 aromatic heterocycles. The van der Waals surface area contributed by atoms with Crippen molar-refractivity contribution >= 4 is 28.2 Å². The number of imidazole rings is 1. The number of nitrogens with one attached hydrogen (secondary N) is 2. The number of carbonyl (C=O) groups is 1. The van der Waals surface area contributed by atoms with Crippen molar-refractivity contribution in [3.8, 4) is 16.9 Å². The van der Waals surface area contributed by atoms with Crippen LogP contribution in [0.1, 0.15) is 5.56 Å².